The zero-order valence-electron chi connectivity index (χ0n) is 11.2. The molecule has 2 saturated carbocycles. The van der Waals surface area contributed by atoms with Crippen LogP contribution in [0.15, 0.2) is 33.3 Å². The largest absolute Gasteiger partial charge is 0.380 e. The van der Waals surface area contributed by atoms with Gasteiger partial charge in [0.25, 0.3) is 0 Å². The summed E-state index contributed by atoms with van der Waals surface area (Å²) in [5.74, 6) is 3.69. The Morgan fingerprint density at radius 3 is 2.60 bits per heavy atom. The number of hydrogen-bond acceptors (Lipinski definition) is 3. The van der Waals surface area contributed by atoms with Gasteiger partial charge in [-0.25, -0.2) is 0 Å². The Hall–Kier alpha value is -1.29. The van der Waals surface area contributed by atoms with E-state index in [0.717, 1.165) is 33.2 Å². The molecule has 3 nitrogen and oxygen atoms in total. The highest BCUT2D eigenvalue weighted by atomic mass is 79.9. The first kappa shape index (κ1) is 12.5. The molecule has 3 unspecified atom stereocenters. The van der Waals surface area contributed by atoms with E-state index in [9.17, 15) is 0 Å². The molecule has 0 amide bonds. The molecule has 2 N–H and O–H groups in total. The first-order valence-electron chi connectivity index (χ1n) is 7.23. The topological polar surface area (TPSA) is 52.0 Å². The van der Waals surface area contributed by atoms with Crippen LogP contribution in [-0.4, -0.2) is 5.16 Å². The van der Waals surface area contributed by atoms with Gasteiger partial charge in [0.05, 0.1) is 5.56 Å². The minimum Gasteiger partial charge on any atom is -0.380 e. The minimum absolute atomic E-state index is 0.511. The Morgan fingerprint density at radius 1 is 1.15 bits per heavy atom. The van der Waals surface area contributed by atoms with Gasteiger partial charge in [0.2, 0.25) is 0 Å². The van der Waals surface area contributed by atoms with Crippen molar-refractivity contribution in [2.75, 3.05) is 5.73 Å². The first-order chi connectivity index (χ1) is 9.72. The molecule has 2 aliphatic rings. The molecule has 4 heteroatoms. The molecule has 0 spiro atoms. The zero-order valence-corrected chi connectivity index (χ0v) is 12.8. The van der Waals surface area contributed by atoms with Gasteiger partial charge in [-0.15, -0.1) is 0 Å². The van der Waals surface area contributed by atoms with Crippen molar-refractivity contribution in [1.82, 2.24) is 5.16 Å². The normalized spacial score (nSPS) is 28.1. The fraction of sp³-hybridized carbons (Fsp3) is 0.438. The average molecular weight is 333 g/mol. The van der Waals surface area contributed by atoms with Crippen LogP contribution in [0.25, 0.3) is 11.1 Å². The van der Waals surface area contributed by atoms with Crippen LogP contribution in [0.2, 0.25) is 0 Å². The summed E-state index contributed by atoms with van der Waals surface area (Å²) in [6, 6.07) is 8.21. The Bertz CT molecular complexity index is 634. The van der Waals surface area contributed by atoms with Crippen LogP contribution in [0, 0.1) is 11.8 Å². The van der Waals surface area contributed by atoms with Crippen molar-refractivity contribution < 1.29 is 4.52 Å². The Labute approximate surface area is 126 Å². The van der Waals surface area contributed by atoms with E-state index in [0.29, 0.717) is 11.7 Å². The molecule has 4 rings (SSSR count). The van der Waals surface area contributed by atoms with Gasteiger partial charge in [-0.3, -0.25) is 0 Å². The van der Waals surface area contributed by atoms with Crippen molar-refractivity contribution in [2.45, 2.75) is 31.6 Å². The quantitative estimate of drug-likeness (QED) is 0.874. The van der Waals surface area contributed by atoms with Crippen LogP contribution >= 0.6 is 15.9 Å². The van der Waals surface area contributed by atoms with Crippen LogP contribution in [0.3, 0.4) is 0 Å². The van der Waals surface area contributed by atoms with E-state index >= 15 is 0 Å². The van der Waals surface area contributed by atoms with Gasteiger partial charge >= 0.3 is 0 Å². The van der Waals surface area contributed by atoms with Crippen molar-refractivity contribution in [1.29, 1.82) is 0 Å². The molecule has 2 aliphatic carbocycles. The van der Waals surface area contributed by atoms with E-state index in [-0.39, 0.29) is 0 Å². The monoisotopic (exact) mass is 332 g/mol. The SMILES string of the molecule is Nc1noc(C2CC3CCC2C3)c1-c1ccc(Br)cc1. The maximum absolute atomic E-state index is 6.06. The average Bonchev–Trinajstić information content (AvgIpc) is 3.14. The smallest absolute Gasteiger partial charge is 0.175 e. The molecular weight excluding hydrogens is 316 g/mol. The summed E-state index contributed by atoms with van der Waals surface area (Å²) in [7, 11) is 0. The third-order valence-corrected chi connectivity index (χ3v) is 5.48. The Balaban J connectivity index is 1.76. The molecule has 2 aromatic rings. The van der Waals surface area contributed by atoms with Gasteiger partial charge in [0, 0.05) is 10.4 Å². The fourth-order valence-electron chi connectivity index (χ4n) is 4.04. The molecule has 2 fully saturated rings. The number of rotatable bonds is 2. The van der Waals surface area contributed by atoms with Crippen LogP contribution in [-0.2, 0) is 0 Å². The lowest BCUT2D eigenvalue weighted by Gasteiger charge is -2.20. The van der Waals surface area contributed by atoms with Crippen molar-refractivity contribution in [3.63, 3.8) is 0 Å². The molecule has 1 aromatic heterocycles. The molecule has 0 radical (unpaired) electrons. The first-order valence-corrected chi connectivity index (χ1v) is 8.02. The highest BCUT2D eigenvalue weighted by Crippen LogP contribution is 2.54. The number of nitrogens with two attached hydrogens (primary N) is 1. The molecule has 20 heavy (non-hydrogen) atoms. The number of halogens is 1. The van der Waals surface area contributed by atoms with Crippen LogP contribution < -0.4 is 5.73 Å². The van der Waals surface area contributed by atoms with E-state index < -0.39 is 0 Å². The maximum atomic E-state index is 6.06. The van der Waals surface area contributed by atoms with Gasteiger partial charge in [0.15, 0.2) is 5.82 Å². The summed E-state index contributed by atoms with van der Waals surface area (Å²) in [5.41, 5.74) is 8.17. The number of aromatic nitrogens is 1. The summed E-state index contributed by atoms with van der Waals surface area (Å²) in [6.07, 6.45) is 5.31. The molecule has 2 bridgehead atoms. The zero-order chi connectivity index (χ0) is 13.7. The second kappa shape index (κ2) is 4.62. The standard InChI is InChI=1S/C16H17BrN2O/c17-12-5-3-10(4-6-12)14-15(20-19-16(14)18)13-8-9-1-2-11(13)7-9/h3-6,9,11,13H,1-2,7-8H2,(H2,18,19). The number of benzene rings is 1. The fourth-order valence-corrected chi connectivity index (χ4v) is 4.31. The van der Waals surface area contributed by atoms with E-state index in [1.165, 1.54) is 25.7 Å². The predicted octanol–water partition coefficient (Wildman–Crippen LogP) is 4.59. The second-order valence-electron chi connectivity index (χ2n) is 6.10. The Kier molecular flexibility index (Phi) is 2.88. The summed E-state index contributed by atoms with van der Waals surface area (Å²) < 4.78 is 6.70. The maximum Gasteiger partial charge on any atom is 0.175 e. The van der Waals surface area contributed by atoms with Crippen LogP contribution in [0.1, 0.15) is 37.4 Å². The number of fused-ring (bicyclic) bond motifs is 2. The van der Waals surface area contributed by atoms with E-state index in [1.54, 1.807) is 0 Å². The van der Waals surface area contributed by atoms with Gasteiger partial charge in [-0.05, 0) is 48.8 Å². The van der Waals surface area contributed by atoms with E-state index in [2.05, 4.69) is 33.2 Å². The van der Waals surface area contributed by atoms with Crippen LogP contribution in [0.4, 0.5) is 5.82 Å². The summed E-state index contributed by atoms with van der Waals surface area (Å²) in [6.45, 7) is 0. The van der Waals surface area contributed by atoms with Crippen molar-refractivity contribution in [2.24, 2.45) is 11.8 Å². The van der Waals surface area contributed by atoms with Gasteiger partial charge < -0.3 is 10.3 Å². The lowest BCUT2D eigenvalue weighted by molar-refractivity contribution is 0.312. The molecule has 0 saturated heterocycles. The number of hydrogen-bond donors (Lipinski definition) is 1. The molecular formula is C16H17BrN2O. The number of nitrogen functional groups attached to an aromatic ring is 1. The van der Waals surface area contributed by atoms with Gasteiger partial charge in [0.1, 0.15) is 5.76 Å². The highest BCUT2D eigenvalue weighted by Gasteiger charge is 2.43. The van der Waals surface area contributed by atoms with Crippen molar-refractivity contribution >= 4 is 21.7 Å². The van der Waals surface area contributed by atoms with Crippen molar-refractivity contribution in [3.8, 4) is 11.1 Å². The van der Waals surface area contributed by atoms with Crippen LogP contribution in [0.5, 0.6) is 0 Å². The Morgan fingerprint density at radius 2 is 1.95 bits per heavy atom. The van der Waals surface area contributed by atoms with E-state index in [4.69, 9.17) is 10.3 Å². The molecule has 0 aliphatic heterocycles. The lowest BCUT2D eigenvalue weighted by Crippen LogP contribution is -2.08. The van der Waals surface area contributed by atoms with Crippen molar-refractivity contribution in [3.05, 3.63) is 34.5 Å². The minimum atomic E-state index is 0.511. The summed E-state index contributed by atoms with van der Waals surface area (Å²) >= 11 is 3.47. The molecule has 1 aromatic carbocycles. The van der Waals surface area contributed by atoms with Gasteiger partial charge in [-0.2, -0.15) is 0 Å². The molecule has 3 atom stereocenters. The second-order valence-corrected chi connectivity index (χ2v) is 7.01. The number of nitrogens with zero attached hydrogens (tertiary/aromatic N) is 1. The number of anilines is 1. The van der Waals surface area contributed by atoms with Gasteiger partial charge in [-0.1, -0.05) is 39.6 Å². The van der Waals surface area contributed by atoms with E-state index in [1.807, 2.05) is 12.1 Å². The predicted molar refractivity (Wildman–Crippen MR) is 82.2 cm³/mol. The molecule has 104 valence electrons. The summed E-state index contributed by atoms with van der Waals surface area (Å²) in [5, 5.41) is 4.03. The third-order valence-electron chi connectivity index (χ3n) is 4.95. The lowest BCUT2D eigenvalue weighted by atomic mass is 9.84. The third kappa shape index (κ3) is 1.89. The molecule has 1 heterocycles. The summed E-state index contributed by atoms with van der Waals surface area (Å²) in [4.78, 5) is 0. The highest BCUT2D eigenvalue weighted by molar-refractivity contribution is 9.10.